The van der Waals surface area contributed by atoms with Gasteiger partial charge in [-0.15, -0.1) is 0 Å². The lowest BCUT2D eigenvalue weighted by atomic mass is 9.95. The van der Waals surface area contributed by atoms with Crippen LogP contribution in [0.15, 0.2) is 22.7 Å². The van der Waals surface area contributed by atoms with E-state index in [1.807, 2.05) is 0 Å². The number of halogens is 1. The lowest BCUT2D eigenvalue weighted by Gasteiger charge is -2.48. The van der Waals surface area contributed by atoms with Crippen LogP contribution in [0.5, 0.6) is 0 Å². The van der Waals surface area contributed by atoms with Gasteiger partial charge in [-0.25, -0.2) is 0 Å². The van der Waals surface area contributed by atoms with Crippen LogP contribution in [0.2, 0.25) is 0 Å². The van der Waals surface area contributed by atoms with Crippen molar-refractivity contribution in [3.05, 3.63) is 28.2 Å². The number of hydrogen-bond acceptors (Lipinski definition) is 2. The number of nitrogens with zero attached hydrogens (tertiary/aromatic N) is 1. The van der Waals surface area contributed by atoms with E-state index < -0.39 is 0 Å². The summed E-state index contributed by atoms with van der Waals surface area (Å²) in [5.74, 6) is 0. The molecule has 1 aliphatic heterocycles. The first-order valence-electron chi connectivity index (χ1n) is 6.18. The topological polar surface area (TPSA) is 15.3 Å². The summed E-state index contributed by atoms with van der Waals surface area (Å²) in [5, 5.41) is 3.50. The molecule has 0 aromatic heterocycles. The molecular weight excluding hydrogens is 276 g/mol. The van der Waals surface area contributed by atoms with Crippen LogP contribution in [0, 0.1) is 6.92 Å². The zero-order valence-corrected chi connectivity index (χ0v) is 12.6. The van der Waals surface area contributed by atoms with Crippen molar-refractivity contribution in [2.24, 2.45) is 0 Å². The molecule has 1 fully saturated rings. The van der Waals surface area contributed by atoms with Crippen LogP contribution in [0.1, 0.15) is 26.3 Å². The molecule has 17 heavy (non-hydrogen) atoms. The fourth-order valence-electron chi connectivity index (χ4n) is 2.74. The third-order valence-corrected chi connectivity index (χ3v) is 4.40. The fourth-order valence-corrected chi connectivity index (χ4v) is 2.99. The molecule has 1 unspecified atom stereocenters. The van der Waals surface area contributed by atoms with Crippen LogP contribution < -0.4 is 10.2 Å². The predicted molar refractivity (Wildman–Crippen MR) is 77.8 cm³/mol. The summed E-state index contributed by atoms with van der Waals surface area (Å²) in [6.07, 6.45) is 0. The van der Waals surface area contributed by atoms with Crippen LogP contribution in [0.3, 0.4) is 0 Å². The van der Waals surface area contributed by atoms with Crippen molar-refractivity contribution in [3.8, 4) is 0 Å². The van der Waals surface area contributed by atoms with Crippen molar-refractivity contribution in [3.63, 3.8) is 0 Å². The quantitative estimate of drug-likeness (QED) is 0.855. The molecule has 2 rings (SSSR count). The zero-order valence-electron chi connectivity index (χ0n) is 11.0. The molecular formula is C14H21BrN2. The Balaban J connectivity index is 2.38. The van der Waals surface area contributed by atoms with Gasteiger partial charge in [0.2, 0.25) is 0 Å². The highest BCUT2D eigenvalue weighted by atomic mass is 79.9. The van der Waals surface area contributed by atoms with Gasteiger partial charge in [0.15, 0.2) is 0 Å². The first kappa shape index (κ1) is 12.9. The highest BCUT2D eigenvalue weighted by Gasteiger charge is 2.34. The van der Waals surface area contributed by atoms with Gasteiger partial charge in [0, 0.05) is 34.8 Å². The van der Waals surface area contributed by atoms with Gasteiger partial charge in [-0.05, 0) is 51.5 Å². The standard InChI is InChI=1S/C14H21BrN2/c1-10-7-12(5-6-13(10)15)17-11(2)8-16-9-14(17,3)4/h5-7,11,16H,8-9H2,1-4H3. The Kier molecular flexibility index (Phi) is 3.50. The molecule has 0 spiro atoms. The van der Waals surface area contributed by atoms with Crippen molar-refractivity contribution >= 4 is 21.6 Å². The Morgan fingerprint density at radius 3 is 2.71 bits per heavy atom. The maximum atomic E-state index is 3.57. The number of hydrogen-bond donors (Lipinski definition) is 1. The second-order valence-electron chi connectivity index (χ2n) is 5.60. The number of benzene rings is 1. The van der Waals surface area contributed by atoms with E-state index in [0.29, 0.717) is 6.04 Å². The van der Waals surface area contributed by atoms with Gasteiger partial charge in [0.25, 0.3) is 0 Å². The first-order valence-corrected chi connectivity index (χ1v) is 6.97. The van der Waals surface area contributed by atoms with Gasteiger partial charge >= 0.3 is 0 Å². The summed E-state index contributed by atoms with van der Waals surface area (Å²) in [5.41, 5.74) is 2.78. The minimum Gasteiger partial charge on any atom is -0.361 e. The van der Waals surface area contributed by atoms with E-state index in [9.17, 15) is 0 Å². The van der Waals surface area contributed by atoms with E-state index in [0.717, 1.165) is 13.1 Å². The van der Waals surface area contributed by atoms with Crippen molar-refractivity contribution in [2.45, 2.75) is 39.3 Å². The third-order valence-electron chi connectivity index (χ3n) is 3.51. The maximum Gasteiger partial charge on any atom is 0.0473 e. The number of aryl methyl sites for hydroxylation is 1. The van der Waals surface area contributed by atoms with Crippen molar-refractivity contribution in [1.82, 2.24) is 5.32 Å². The molecule has 3 heteroatoms. The summed E-state index contributed by atoms with van der Waals surface area (Å²) in [6, 6.07) is 7.16. The molecule has 1 N–H and O–H groups in total. The lowest BCUT2D eigenvalue weighted by molar-refractivity contribution is 0.334. The van der Waals surface area contributed by atoms with Gasteiger partial charge in [-0.1, -0.05) is 15.9 Å². The number of piperazine rings is 1. The SMILES string of the molecule is Cc1cc(N2C(C)CNCC2(C)C)ccc1Br. The number of rotatable bonds is 1. The van der Waals surface area contributed by atoms with E-state index in [2.05, 4.69) is 72.0 Å². The third kappa shape index (κ3) is 2.50. The van der Waals surface area contributed by atoms with Gasteiger partial charge in [0.1, 0.15) is 0 Å². The minimum absolute atomic E-state index is 0.165. The van der Waals surface area contributed by atoms with Crippen LogP contribution in [0.25, 0.3) is 0 Å². The molecule has 1 aromatic rings. The zero-order chi connectivity index (χ0) is 12.6. The van der Waals surface area contributed by atoms with Crippen molar-refractivity contribution < 1.29 is 0 Å². The summed E-state index contributed by atoms with van der Waals surface area (Å²) in [6.45, 7) is 11.1. The molecule has 2 nitrogen and oxygen atoms in total. The van der Waals surface area contributed by atoms with E-state index in [1.165, 1.54) is 15.7 Å². The fraction of sp³-hybridized carbons (Fsp3) is 0.571. The molecule has 0 saturated carbocycles. The Hall–Kier alpha value is -0.540. The molecule has 0 aliphatic carbocycles. The smallest absolute Gasteiger partial charge is 0.0473 e. The lowest BCUT2D eigenvalue weighted by Crippen LogP contribution is -2.62. The highest BCUT2D eigenvalue weighted by molar-refractivity contribution is 9.10. The largest absolute Gasteiger partial charge is 0.361 e. The van der Waals surface area contributed by atoms with Gasteiger partial charge in [0.05, 0.1) is 0 Å². The maximum absolute atomic E-state index is 3.57. The minimum atomic E-state index is 0.165. The van der Waals surface area contributed by atoms with Gasteiger partial charge < -0.3 is 10.2 Å². The average Bonchev–Trinajstić information content (AvgIpc) is 2.22. The van der Waals surface area contributed by atoms with Gasteiger partial charge in [-0.3, -0.25) is 0 Å². The second kappa shape index (κ2) is 4.62. The van der Waals surface area contributed by atoms with E-state index in [-0.39, 0.29) is 5.54 Å². The molecule has 0 amide bonds. The summed E-state index contributed by atoms with van der Waals surface area (Å²) in [7, 11) is 0. The second-order valence-corrected chi connectivity index (χ2v) is 6.45. The molecule has 1 aliphatic rings. The van der Waals surface area contributed by atoms with Crippen LogP contribution >= 0.6 is 15.9 Å². The predicted octanol–water partition coefficient (Wildman–Crippen LogP) is 3.33. The normalized spacial score (nSPS) is 23.8. The Morgan fingerprint density at radius 1 is 1.41 bits per heavy atom. The summed E-state index contributed by atoms with van der Waals surface area (Å²) >= 11 is 3.57. The van der Waals surface area contributed by atoms with Crippen LogP contribution in [0.4, 0.5) is 5.69 Å². The summed E-state index contributed by atoms with van der Waals surface area (Å²) < 4.78 is 1.18. The van der Waals surface area contributed by atoms with E-state index in [4.69, 9.17) is 0 Å². The van der Waals surface area contributed by atoms with E-state index >= 15 is 0 Å². The molecule has 1 heterocycles. The molecule has 1 saturated heterocycles. The molecule has 94 valence electrons. The van der Waals surface area contributed by atoms with Crippen molar-refractivity contribution in [2.75, 3.05) is 18.0 Å². The molecule has 0 radical (unpaired) electrons. The monoisotopic (exact) mass is 296 g/mol. The number of anilines is 1. The van der Waals surface area contributed by atoms with Crippen LogP contribution in [-0.4, -0.2) is 24.7 Å². The Bertz CT molecular complexity index is 415. The average molecular weight is 297 g/mol. The molecule has 1 atom stereocenters. The Morgan fingerprint density at radius 2 is 2.12 bits per heavy atom. The molecule has 1 aromatic carbocycles. The Labute approximate surface area is 113 Å². The number of nitrogens with one attached hydrogen (secondary N) is 1. The first-order chi connectivity index (χ1) is 7.92. The van der Waals surface area contributed by atoms with Crippen molar-refractivity contribution in [1.29, 1.82) is 0 Å². The highest BCUT2D eigenvalue weighted by Crippen LogP contribution is 2.31. The van der Waals surface area contributed by atoms with Crippen LogP contribution in [-0.2, 0) is 0 Å². The molecule has 0 bridgehead atoms. The van der Waals surface area contributed by atoms with E-state index in [1.54, 1.807) is 0 Å². The summed E-state index contributed by atoms with van der Waals surface area (Å²) in [4.78, 5) is 2.53. The van der Waals surface area contributed by atoms with Gasteiger partial charge in [-0.2, -0.15) is 0 Å².